The first-order valence-electron chi connectivity index (χ1n) is 6.40. The highest BCUT2D eigenvalue weighted by Gasteiger charge is 2.21. The predicted octanol–water partition coefficient (Wildman–Crippen LogP) is 1.22. The monoisotopic (exact) mass is 298 g/mol. The molecule has 0 aliphatic rings. The first-order valence-corrected chi connectivity index (χ1v) is 6.40. The molecule has 1 aromatic rings. The summed E-state index contributed by atoms with van der Waals surface area (Å²) in [5, 5.41) is 15.1. The van der Waals surface area contributed by atoms with E-state index in [1.807, 2.05) is 0 Å². The number of rotatable bonds is 7. The van der Waals surface area contributed by atoms with Gasteiger partial charge >= 0.3 is 6.03 Å². The average Bonchev–Trinajstić information content (AvgIpc) is 2.45. The van der Waals surface area contributed by atoms with Gasteiger partial charge in [0.15, 0.2) is 11.5 Å². The van der Waals surface area contributed by atoms with Gasteiger partial charge in [-0.15, -0.1) is 0 Å². The van der Waals surface area contributed by atoms with Crippen LogP contribution >= 0.6 is 0 Å². The molecule has 7 heteroatoms. The molecule has 1 unspecified atom stereocenters. The summed E-state index contributed by atoms with van der Waals surface area (Å²) in [5.41, 5.74) is -0.569. The minimum Gasteiger partial charge on any atom is -0.493 e. The minimum atomic E-state index is -1.12. The normalized spacial score (nSPS) is 13.2. The Morgan fingerprint density at radius 2 is 1.90 bits per heavy atom. The van der Waals surface area contributed by atoms with Crippen LogP contribution in [-0.2, 0) is 4.74 Å². The quantitative estimate of drug-likeness (QED) is 0.704. The number of aliphatic hydroxyl groups is 1. The van der Waals surface area contributed by atoms with Crippen molar-refractivity contribution in [3.05, 3.63) is 18.2 Å². The van der Waals surface area contributed by atoms with Crippen LogP contribution < -0.4 is 20.1 Å². The van der Waals surface area contributed by atoms with Crippen LogP contribution in [0.15, 0.2) is 18.2 Å². The highest BCUT2D eigenvalue weighted by atomic mass is 16.5. The van der Waals surface area contributed by atoms with Crippen LogP contribution in [0, 0.1) is 0 Å². The number of hydrogen-bond donors (Lipinski definition) is 3. The first kappa shape index (κ1) is 17.1. The molecular formula is C14H22N2O5. The Morgan fingerprint density at radius 1 is 1.24 bits per heavy atom. The third-order valence-electron chi connectivity index (χ3n) is 2.73. The van der Waals surface area contributed by atoms with Crippen LogP contribution in [0.25, 0.3) is 0 Å². The molecule has 1 atom stereocenters. The Balaban J connectivity index is 2.59. The van der Waals surface area contributed by atoms with E-state index in [0.29, 0.717) is 17.2 Å². The van der Waals surface area contributed by atoms with Crippen molar-refractivity contribution in [1.82, 2.24) is 5.32 Å². The Bertz CT molecular complexity index is 476. The molecule has 3 N–H and O–H groups in total. The lowest BCUT2D eigenvalue weighted by Crippen LogP contribution is -2.45. The van der Waals surface area contributed by atoms with Crippen LogP contribution in [0.5, 0.6) is 11.5 Å². The second-order valence-corrected chi connectivity index (χ2v) is 4.81. The predicted molar refractivity (Wildman–Crippen MR) is 79.1 cm³/mol. The summed E-state index contributed by atoms with van der Waals surface area (Å²) in [6, 6.07) is 4.59. The second kappa shape index (κ2) is 7.70. The summed E-state index contributed by atoms with van der Waals surface area (Å²) in [4.78, 5) is 11.8. The largest absolute Gasteiger partial charge is 0.493 e. The molecule has 0 fully saturated rings. The Kier molecular flexibility index (Phi) is 6.26. The number of nitrogens with one attached hydrogen (secondary N) is 2. The molecule has 0 aromatic heterocycles. The average molecular weight is 298 g/mol. The zero-order chi connectivity index (χ0) is 15.9. The number of carbonyl (C=O) groups excluding carboxylic acids is 1. The van der Waals surface area contributed by atoms with Crippen molar-refractivity contribution in [2.24, 2.45) is 0 Å². The van der Waals surface area contributed by atoms with Gasteiger partial charge in [-0.1, -0.05) is 0 Å². The molecular weight excluding hydrogens is 276 g/mol. The topological polar surface area (TPSA) is 89.1 Å². The van der Waals surface area contributed by atoms with E-state index in [-0.39, 0.29) is 13.2 Å². The van der Waals surface area contributed by atoms with Crippen LogP contribution in [0.3, 0.4) is 0 Å². The van der Waals surface area contributed by atoms with E-state index in [4.69, 9.17) is 14.2 Å². The van der Waals surface area contributed by atoms with Gasteiger partial charge in [0, 0.05) is 18.9 Å². The van der Waals surface area contributed by atoms with Gasteiger partial charge in [0.25, 0.3) is 0 Å². The summed E-state index contributed by atoms with van der Waals surface area (Å²) < 4.78 is 15.1. The van der Waals surface area contributed by atoms with Gasteiger partial charge in [0.05, 0.1) is 27.4 Å². The molecule has 0 heterocycles. The number of urea groups is 1. The number of carbonyl (C=O) groups is 1. The van der Waals surface area contributed by atoms with E-state index >= 15 is 0 Å². The van der Waals surface area contributed by atoms with Crippen molar-refractivity contribution >= 4 is 11.7 Å². The van der Waals surface area contributed by atoms with E-state index in [0.717, 1.165) is 0 Å². The fourth-order valence-electron chi connectivity index (χ4n) is 1.72. The first-order chi connectivity index (χ1) is 9.91. The van der Waals surface area contributed by atoms with Crippen LogP contribution in [0.1, 0.15) is 6.92 Å². The van der Waals surface area contributed by atoms with Crippen molar-refractivity contribution in [3.8, 4) is 11.5 Å². The van der Waals surface area contributed by atoms with Crippen LogP contribution in [-0.4, -0.2) is 51.2 Å². The Hall–Kier alpha value is -1.99. The van der Waals surface area contributed by atoms with E-state index in [9.17, 15) is 9.90 Å². The van der Waals surface area contributed by atoms with E-state index < -0.39 is 11.6 Å². The van der Waals surface area contributed by atoms with Crippen molar-refractivity contribution in [2.75, 3.05) is 39.8 Å². The van der Waals surface area contributed by atoms with Gasteiger partial charge in [0.2, 0.25) is 0 Å². The smallest absolute Gasteiger partial charge is 0.319 e. The molecule has 2 amide bonds. The summed E-state index contributed by atoms with van der Waals surface area (Å²) in [7, 11) is 4.54. The number of hydrogen-bond acceptors (Lipinski definition) is 5. The number of amides is 2. The molecule has 0 spiro atoms. The Morgan fingerprint density at radius 3 is 2.48 bits per heavy atom. The molecule has 1 aromatic carbocycles. The third kappa shape index (κ3) is 5.49. The third-order valence-corrected chi connectivity index (χ3v) is 2.73. The van der Waals surface area contributed by atoms with Gasteiger partial charge in [-0.05, 0) is 19.1 Å². The van der Waals surface area contributed by atoms with Gasteiger partial charge in [-0.25, -0.2) is 4.79 Å². The van der Waals surface area contributed by atoms with Gasteiger partial charge in [-0.3, -0.25) is 0 Å². The summed E-state index contributed by atoms with van der Waals surface area (Å²) in [6.07, 6.45) is 0. The number of methoxy groups -OCH3 is 3. The molecule has 1 rings (SSSR count). The maximum absolute atomic E-state index is 11.8. The zero-order valence-electron chi connectivity index (χ0n) is 12.7. The number of ether oxygens (including phenoxy) is 3. The second-order valence-electron chi connectivity index (χ2n) is 4.81. The molecule has 7 nitrogen and oxygen atoms in total. The minimum absolute atomic E-state index is 0.0694. The summed E-state index contributed by atoms with van der Waals surface area (Å²) >= 11 is 0. The summed E-state index contributed by atoms with van der Waals surface area (Å²) in [6.45, 7) is 1.77. The number of anilines is 1. The van der Waals surface area contributed by atoms with Gasteiger partial charge < -0.3 is 30.0 Å². The lowest BCUT2D eigenvalue weighted by molar-refractivity contribution is -0.0133. The lowest BCUT2D eigenvalue weighted by atomic mass is 10.1. The van der Waals surface area contributed by atoms with Crippen LogP contribution in [0.4, 0.5) is 10.5 Å². The molecule has 0 aliphatic carbocycles. The van der Waals surface area contributed by atoms with E-state index in [1.165, 1.54) is 21.3 Å². The highest BCUT2D eigenvalue weighted by Crippen LogP contribution is 2.29. The highest BCUT2D eigenvalue weighted by molar-refractivity contribution is 5.89. The fourth-order valence-corrected chi connectivity index (χ4v) is 1.72. The lowest BCUT2D eigenvalue weighted by Gasteiger charge is -2.22. The van der Waals surface area contributed by atoms with Crippen molar-refractivity contribution in [2.45, 2.75) is 12.5 Å². The molecule has 21 heavy (non-hydrogen) atoms. The number of benzene rings is 1. The molecule has 0 saturated heterocycles. The van der Waals surface area contributed by atoms with Crippen molar-refractivity contribution in [1.29, 1.82) is 0 Å². The summed E-state index contributed by atoms with van der Waals surface area (Å²) in [5.74, 6) is 1.09. The van der Waals surface area contributed by atoms with Crippen molar-refractivity contribution in [3.63, 3.8) is 0 Å². The van der Waals surface area contributed by atoms with E-state index in [1.54, 1.807) is 25.1 Å². The molecule has 0 bridgehead atoms. The Labute approximate surface area is 124 Å². The maximum atomic E-state index is 11.8. The van der Waals surface area contributed by atoms with Crippen molar-refractivity contribution < 1.29 is 24.1 Å². The fraction of sp³-hybridized carbons (Fsp3) is 0.500. The molecule has 118 valence electrons. The molecule has 0 radical (unpaired) electrons. The molecule has 0 saturated carbocycles. The van der Waals surface area contributed by atoms with Gasteiger partial charge in [0.1, 0.15) is 5.60 Å². The maximum Gasteiger partial charge on any atom is 0.319 e. The van der Waals surface area contributed by atoms with E-state index in [2.05, 4.69) is 10.6 Å². The zero-order valence-corrected chi connectivity index (χ0v) is 12.7. The molecule has 0 aliphatic heterocycles. The van der Waals surface area contributed by atoms with Crippen LogP contribution in [0.2, 0.25) is 0 Å². The van der Waals surface area contributed by atoms with Gasteiger partial charge in [-0.2, -0.15) is 0 Å². The standard InChI is InChI=1S/C14H22N2O5/c1-14(18,9-19-2)8-15-13(17)16-10-5-6-11(20-3)12(7-10)21-4/h5-7,18H,8-9H2,1-4H3,(H2,15,16,17). The SMILES string of the molecule is COCC(C)(O)CNC(=O)Nc1ccc(OC)c(OC)c1.